The number of anilines is 2. The molecule has 27 heavy (non-hydrogen) atoms. The summed E-state index contributed by atoms with van der Waals surface area (Å²) in [6.45, 7) is 3.92. The van der Waals surface area contributed by atoms with Gasteiger partial charge < -0.3 is 9.64 Å². The molecule has 0 saturated carbocycles. The molecule has 0 aliphatic carbocycles. The second-order valence-electron chi connectivity index (χ2n) is 6.62. The predicted molar refractivity (Wildman–Crippen MR) is 107 cm³/mol. The van der Waals surface area contributed by atoms with Crippen molar-refractivity contribution < 1.29 is 17.9 Å². The topological polar surface area (TPSA) is 66.9 Å². The highest BCUT2D eigenvalue weighted by molar-refractivity contribution is 7.92. The molecule has 1 aliphatic rings. The van der Waals surface area contributed by atoms with Gasteiger partial charge in [0.15, 0.2) is 0 Å². The first-order chi connectivity index (χ1) is 12.8. The quantitative estimate of drug-likeness (QED) is 0.763. The van der Waals surface area contributed by atoms with Crippen LogP contribution in [0.5, 0.6) is 5.75 Å². The maximum Gasteiger partial charge on any atom is 0.248 e. The van der Waals surface area contributed by atoms with Crippen LogP contribution in [-0.4, -0.2) is 39.8 Å². The standard InChI is InChI=1S/C20H24N2O4S/c1-4-26-19-12-8-7-11-18(19)21(27(3,24)25)14-20(23)22-15(2)13-16-9-5-6-10-17(16)22/h5-12,15H,4,13-14H2,1-3H3/t15-/m0/s1. The van der Waals surface area contributed by atoms with Crippen LogP contribution >= 0.6 is 0 Å². The van der Waals surface area contributed by atoms with Crippen LogP contribution < -0.4 is 13.9 Å². The summed E-state index contributed by atoms with van der Waals surface area (Å²) in [4.78, 5) is 14.8. The molecular weight excluding hydrogens is 364 g/mol. The molecule has 1 heterocycles. The number of amides is 1. The van der Waals surface area contributed by atoms with Crippen LogP contribution in [0.2, 0.25) is 0 Å². The van der Waals surface area contributed by atoms with Crippen LogP contribution in [0.25, 0.3) is 0 Å². The van der Waals surface area contributed by atoms with E-state index in [0.29, 0.717) is 18.0 Å². The van der Waals surface area contributed by atoms with Crippen LogP contribution in [0.15, 0.2) is 48.5 Å². The van der Waals surface area contributed by atoms with Crippen molar-refractivity contribution in [3.05, 3.63) is 54.1 Å². The fourth-order valence-electron chi connectivity index (χ4n) is 3.47. The molecule has 6 nitrogen and oxygen atoms in total. The van der Waals surface area contributed by atoms with Crippen molar-refractivity contribution in [1.29, 1.82) is 0 Å². The van der Waals surface area contributed by atoms with E-state index in [2.05, 4.69) is 0 Å². The minimum atomic E-state index is -3.67. The van der Waals surface area contributed by atoms with Gasteiger partial charge in [-0.25, -0.2) is 8.42 Å². The van der Waals surface area contributed by atoms with Crippen molar-refractivity contribution in [2.45, 2.75) is 26.3 Å². The lowest BCUT2D eigenvalue weighted by molar-refractivity contribution is -0.117. The predicted octanol–water partition coefficient (Wildman–Crippen LogP) is 2.83. The number of ether oxygens (including phenoxy) is 1. The number of fused-ring (bicyclic) bond motifs is 1. The molecule has 0 radical (unpaired) electrons. The van der Waals surface area contributed by atoms with Crippen molar-refractivity contribution in [2.24, 2.45) is 0 Å². The van der Waals surface area contributed by atoms with Gasteiger partial charge in [0.1, 0.15) is 12.3 Å². The van der Waals surface area contributed by atoms with E-state index in [0.717, 1.165) is 28.2 Å². The summed E-state index contributed by atoms with van der Waals surface area (Å²) >= 11 is 0. The molecule has 7 heteroatoms. The summed E-state index contributed by atoms with van der Waals surface area (Å²) in [5, 5.41) is 0. The van der Waals surface area contributed by atoms with Gasteiger partial charge in [0, 0.05) is 11.7 Å². The van der Waals surface area contributed by atoms with Gasteiger partial charge in [0.25, 0.3) is 0 Å². The molecule has 1 atom stereocenters. The Morgan fingerprint density at radius 1 is 1.19 bits per heavy atom. The van der Waals surface area contributed by atoms with E-state index < -0.39 is 10.0 Å². The molecule has 0 fully saturated rings. The first-order valence-electron chi connectivity index (χ1n) is 8.92. The van der Waals surface area contributed by atoms with Crippen LogP contribution in [0.1, 0.15) is 19.4 Å². The third-order valence-electron chi connectivity index (χ3n) is 4.59. The molecule has 2 aromatic carbocycles. The zero-order valence-electron chi connectivity index (χ0n) is 15.8. The second kappa shape index (κ2) is 7.60. The summed E-state index contributed by atoms with van der Waals surface area (Å²) in [6.07, 6.45) is 1.86. The van der Waals surface area contributed by atoms with Crippen LogP contribution in [-0.2, 0) is 21.2 Å². The molecule has 1 aliphatic heterocycles. The van der Waals surface area contributed by atoms with E-state index in [-0.39, 0.29) is 18.5 Å². The lowest BCUT2D eigenvalue weighted by atomic mass is 10.1. The Kier molecular flexibility index (Phi) is 5.41. The summed E-state index contributed by atoms with van der Waals surface area (Å²) in [5.74, 6) is 0.178. The average Bonchev–Trinajstić information content (AvgIpc) is 2.95. The molecular formula is C20H24N2O4S. The van der Waals surface area contributed by atoms with Crippen LogP contribution in [0, 0.1) is 0 Å². The highest BCUT2D eigenvalue weighted by Gasteiger charge is 2.33. The number of hydrogen-bond acceptors (Lipinski definition) is 4. The fourth-order valence-corrected chi connectivity index (χ4v) is 4.32. The molecule has 144 valence electrons. The van der Waals surface area contributed by atoms with Gasteiger partial charge in [-0.2, -0.15) is 0 Å². The van der Waals surface area contributed by atoms with Crippen molar-refractivity contribution >= 4 is 27.3 Å². The number of benzene rings is 2. The number of nitrogens with zero attached hydrogens (tertiary/aromatic N) is 2. The van der Waals surface area contributed by atoms with Crippen LogP contribution in [0.3, 0.4) is 0 Å². The minimum Gasteiger partial charge on any atom is -0.492 e. The highest BCUT2D eigenvalue weighted by atomic mass is 32.2. The van der Waals surface area contributed by atoms with E-state index in [9.17, 15) is 13.2 Å². The van der Waals surface area contributed by atoms with E-state index >= 15 is 0 Å². The second-order valence-corrected chi connectivity index (χ2v) is 8.52. The maximum atomic E-state index is 13.1. The molecule has 0 spiro atoms. The molecule has 1 amide bonds. The van der Waals surface area contributed by atoms with Crippen molar-refractivity contribution in [3.8, 4) is 5.75 Å². The number of sulfonamides is 1. The van der Waals surface area contributed by atoms with Gasteiger partial charge in [-0.3, -0.25) is 9.10 Å². The van der Waals surface area contributed by atoms with Crippen molar-refractivity contribution in [2.75, 3.05) is 28.6 Å². The SMILES string of the molecule is CCOc1ccccc1N(CC(=O)N1c2ccccc2C[C@@H]1C)S(C)(=O)=O. The number of carbonyl (C=O) groups excluding carboxylic acids is 1. The fraction of sp³-hybridized carbons (Fsp3) is 0.350. The van der Waals surface area contributed by atoms with Crippen molar-refractivity contribution in [3.63, 3.8) is 0 Å². The Labute approximate surface area is 160 Å². The summed E-state index contributed by atoms with van der Waals surface area (Å²) in [5.41, 5.74) is 2.32. The zero-order valence-corrected chi connectivity index (χ0v) is 16.6. The van der Waals surface area contributed by atoms with Gasteiger partial charge in [0.05, 0.1) is 18.6 Å². The third kappa shape index (κ3) is 3.93. The number of rotatable bonds is 6. The molecule has 0 N–H and O–H groups in total. The smallest absolute Gasteiger partial charge is 0.248 e. The number of para-hydroxylation sites is 3. The molecule has 0 saturated heterocycles. The Hall–Kier alpha value is -2.54. The molecule has 0 bridgehead atoms. The van der Waals surface area contributed by atoms with Gasteiger partial charge in [0.2, 0.25) is 15.9 Å². The van der Waals surface area contributed by atoms with E-state index in [1.54, 1.807) is 29.2 Å². The first kappa shape index (κ1) is 19.2. The van der Waals surface area contributed by atoms with E-state index in [1.807, 2.05) is 38.1 Å². The number of carbonyl (C=O) groups is 1. The molecule has 2 aromatic rings. The first-order valence-corrected chi connectivity index (χ1v) is 10.8. The lowest BCUT2D eigenvalue weighted by Gasteiger charge is -2.28. The Morgan fingerprint density at radius 2 is 1.85 bits per heavy atom. The normalized spacial score (nSPS) is 16.1. The molecule has 0 aromatic heterocycles. The Bertz CT molecular complexity index is 943. The molecule has 3 rings (SSSR count). The minimum absolute atomic E-state index is 0.0153. The number of hydrogen-bond donors (Lipinski definition) is 0. The van der Waals surface area contributed by atoms with Gasteiger partial charge in [-0.05, 0) is 44.0 Å². The van der Waals surface area contributed by atoms with Gasteiger partial charge >= 0.3 is 0 Å². The maximum absolute atomic E-state index is 13.1. The Morgan fingerprint density at radius 3 is 2.56 bits per heavy atom. The molecule has 0 unspecified atom stereocenters. The van der Waals surface area contributed by atoms with Crippen LogP contribution in [0.4, 0.5) is 11.4 Å². The van der Waals surface area contributed by atoms with Gasteiger partial charge in [-0.1, -0.05) is 30.3 Å². The monoisotopic (exact) mass is 388 g/mol. The Balaban J connectivity index is 1.94. The summed E-state index contributed by atoms with van der Waals surface area (Å²) in [7, 11) is -3.67. The lowest BCUT2D eigenvalue weighted by Crippen LogP contribution is -2.45. The third-order valence-corrected chi connectivity index (χ3v) is 5.72. The van der Waals surface area contributed by atoms with Crippen molar-refractivity contribution in [1.82, 2.24) is 0 Å². The van der Waals surface area contributed by atoms with Gasteiger partial charge in [-0.15, -0.1) is 0 Å². The largest absolute Gasteiger partial charge is 0.492 e. The summed E-state index contributed by atoms with van der Waals surface area (Å²) < 4.78 is 31.6. The zero-order chi connectivity index (χ0) is 19.6. The van der Waals surface area contributed by atoms with E-state index in [1.165, 1.54) is 0 Å². The van der Waals surface area contributed by atoms with E-state index in [4.69, 9.17) is 4.74 Å². The average molecular weight is 388 g/mol. The summed E-state index contributed by atoms with van der Waals surface area (Å²) in [6, 6.07) is 14.6. The highest BCUT2D eigenvalue weighted by Crippen LogP contribution is 2.34.